The van der Waals surface area contributed by atoms with Crippen LogP contribution in [0.5, 0.6) is 0 Å². The first-order valence-electron chi connectivity index (χ1n) is 14.5. The lowest BCUT2D eigenvalue weighted by molar-refractivity contribution is -0.144. The first kappa shape index (κ1) is 38.1. The summed E-state index contributed by atoms with van der Waals surface area (Å²) in [6.45, 7) is 0.647. The lowest BCUT2D eigenvalue weighted by Gasteiger charge is -2.31. The zero-order chi connectivity index (χ0) is 40.1. The van der Waals surface area contributed by atoms with Gasteiger partial charge in [0.15, 0.2) is 69.8 Å². The molecular weight excluding hydrogens is 776 g/mol. The van der Waals surface area contributed by atoms with E-state index in [1.807, 2.05) is 0 Å². The quantitative estimate of drug-likeness (QED) is 0.0977. The molecule has 0 unspecified atom stereocenters. The molecular formula is C35H11F18N. The molecule has 0 aromatic heterocycles. The second kappa shape index (κ2) is 12.8. The molecule has 0 aliphatic carbocycles. The molecule has 1 nitrogen and oxygen atoms in total. The van der Waals surface area contributed by atoms with Gasteiger partial charge in [0.2, 0.25) is 0 Å². The van der Waals surface area contributed by atoms with Crippen molar-refractivity contribution in [1.82, 2.24) is 0 Å². The van der Waals surface area contributed by atoms with E-state index >= 15 is 43.9 Å². The molecule has 6 aromatic rings. The van der Waals surface area contributed by atoms with Crippen molar-refractivity contribution in [3.63, 3.8) is 0 Å². The predicted octanol–water partition coefficient (Wildman–Crippen LogP) is 13.1. The Kier molecular flexibility index (Phi) is 9.00. The minimum Gasteiger partial charge on any atom is -0.298 e. The number of hydrogen-bond donors (Lipinski definition) is 0. The summed E-state index contributed by atoms with van der Waals surface area (Å²) in [5, 5.41) is -3.27. The van der Waals surface area contributed by atoms with E-state index in [1.54, 1.807) is 0 Å². The minimum absolute atomic E-state index is 0.647. The van der Waals surface area contributed by atoms with Crippen LogP contribution in [0.15, 0.2) is 48.5 Å². The van der Waals surface area contributed by atoms with Crippen molar-refractivity contribution in [3.05, 3.63) is 135 Å². The number of halogens is 18. The van der Waals surface area contributed by atoms with Gasteiger partial charge in [0.05, 0.1) is 11.3 Å². The van der Waals surface area contributed by atoms with Crippen molar-refractivity contribution in [2.75, 3.05) is 4.90 Å². The van der Waals surface area contributed by atoms with Gasteiger partial charge >= 0.3 is 12.4 Å². The molecule has 0 spiro atoms. The summed E-state index contributed by atoms with van der Waals surface area (Å²) in [7, 11) is 0. The van der Waals surface area contributed by atoms with Crippen LogP contribution in [0.2, 0.25) is 0 Å². The Morgan fingerprint density at radius 1 is 0.352 bits per heavy atom. The van der Waals surface area contributed by atoms with Gasteiger partial charge in [0.1, 0.15) is 22.5 Å². The van der Waals surface area contributed by atoms with Gasteiger partial charge in [-0.1, -0.05) is 48.5 Å². The SMILES string of the molecule is Cc1c(F)c(F)c(-c2c3ccccc3c(N(c3c(F)c(F)c(C(F)(F)F)c(F)c3F)c3c(F)c(F)c(C(F)(F)F)c(F)c3F)c3ccccc23)c(F)c1F. The molecule has 54 heavy (non-hydrogen) atoms. The van der Waals surface area contributed by atoms with Gasteiger partial charge in [-0.3, -0.25) is 4.90 Å². The Labute approximate surface area is 288 Å². The summed E-state index contributed by atoms with van der Waals surface area (Å²) in [5.41, 5.74) is -16.6. The highest BCUT2D eigenvalue weighted by Gasteiger charge is 2.47. The maximum absolute atomic E-state index is 15.8. The van der Waals surface area contributed by atoms with Crippen LogP contribution in [0.4, 0.5) is 96.1 Å². The maximum atomic E-state index is 15.8. The van der Waals surface area contributed by atoms with E-state index < -0.39 is 153 Å². The zero-order valence-electron chi connectivity index (χ0n) is 25.9. The molecule has 0 saturated heterocycles. The second-order valence-corrected chi connectivity index (χ2v) is 11.4. The number of anilines is 3. The average Bonchev–Trinajstić information content (AvgIpc) is 3.10. The lowest BCUT2D eigenvalue weighted by Crippen LogP contribution is -2.25. The van der Waals surface area contributed by atoms with E-state index in [-0.39, 0.29) is 0 Å². The highest BCUT2D eigenvalue weighted by atomic mass is 19.4. The number of nitrogens with zero attached hydrogens (tertiary/aromatic N) is 1. The van der Waals surface area contributed by atoms with Crippen LogP contribution in [0.1, 0.15) is 16.7 Å². The molecule has 0 heterocycles. The van der Waals surface area contributed by atoms with Crippen molar-refractivity contribution in [1.29, 1.82) is 0 Å². The summed E-state index contributed by atoms with van der Waals surface area (Å²) in [4.78, 5) is -0.814. The van der Waals surface area contributed by atoms with E-state index in [1.165, 1.54) is 0 Å². The monoisotopic (exact) mass is 787 g/mol. The molecule has 0 N–H and O–H groups in total. The second-order valence-electron chi connectivity index (χ2n) is 11.4. The Morgan fingerprint density at radius 3 is 0.944 bits per heavy atom. The molecule has 0 bridgehead atoms. The van der Waals surface area contributed by atoms with Gasteiger partial charge in [-0.2, -0.15) is 26.3 Å². The van der Waals surface area contributed by atoms with Crippen LogP contribution >= 0.6 is 0 Å². The number of fused-ring (bicyclic) bond motifs is 2. The zero-order valence-corrected chi connectivity index (χ0v) is 25.9. The molecule has 19 heteroatoms. The van der Waals surface area contributed by atoms with Crippen molar-refractivity contribution >= 4 is 38.6 Å². The summed E-state index contributed by atoms with van der Waals surface area (Å²) in [6.07, 6.45) is -12.5. The number of hydrogen-bond acceptors (Lipinski definition) is 1. The van der Waals surface area contributed by atoms with Gasteiger partial charge in [-0.25, -0.2) is 52.7 Å². The van der Waals surface area contributed by atoms with Crippen LogP contribution in [0.3, 0.4) is 0 Å². The van der Waals surface area contributed by atoms with Crippen LogP contribution in [0, 0.1) is 76.7 Å². The summed E-state index contributed by atoms with van der Waals surface area (Å²) in [5.74, 6) is -33.9. The van der Waals surface area contributed by atoms with Crippen molar-refractivity contribution in [2.45, 2.75) is 19.3 Å². The highest BCUT2D eigenvalue weighted by molar-refractivity contribution is 6.22. The fraction of sp³-hybridized carbons (Fsp3) is 0.0857. The van der Waals surface area contributed by atoms with Crippen molar-refractivity contribution in [2.24, 2.45) is 0 Å². The molecule has 0 radical (unpaired) electrons. The lowest BCUT2D eigenvalue weighted by atomic mass is 9.88. The van der Waals surface area contributed by atoms with Gasteiger partial charge in [-0.05, 0) is 17.7 Å². The molecule has 0 saturated carbocycles. The van der Waals surface area contributed by atoms with E-state index in [0.717, 1.165) is 48.5 Å². The fourth-order valence-corrected chi connectivity index (χ4v) is 6.04. The molecule has 0 aliphatic rings. The summed E-state index contributed by atoms with van der Waals surface area (Å²) < 4.78 is 266. The topological polar surface area (TPSA) is 3.24 Å². The Hall–Kier alpha value is -5.62. The number of alkyl halides is 6. The molecule has 6 aromatic carbocycles. The maximum Gasteiger partial charge on any atom is 0.422 e. The van der Waals surface area contributed by atoms with E-state index in [9.17, 15) is 35.1 Å². The number of benzene rings is 6. The van der Waals surface area contributed by atoms with Gasteiger partial charge < -0.3 is 0 Å². The Balaban J connectivity index is 1.93. The van der Waals surface area contributed by atoms with Gasteiger partial charge in [-0.15, -0.1) is 0 Å². The van der Waals surface area contributed by atoms with Crippen LogP contribution < -0.4 is 4.90 Å². The molecule has 0 fully saturated rings. The highest BCUT2D eigenvalue weighted by Crippen LogP contribution is 2.53. The number of rotatable bonds is 4. The Morgan fingerprint density at radius 2 is 0.648 bits per heavy atom. The van der Waals surface area contributed by atoms with Crippen molar-refractivity contribution in [3.8, 4) is 11.1 Å². The van der Waals surface area contributed by atoms with E-state index in [2.05, 4.69) is 0 Å². The average molecular weight is 787 g/mol. The molecule has 282 valence electrons. The third-order valence-electron chi connectivity index (χ3n) is 8.35. The molecule has 0 aliphatic heterocycles. The third-order valence-corrected chi connectivity index (χ3v) is 8.35. The minimum atomic E-state index is -6.23. The van der Waals surface area contributed by atoms with Crippen LogP contribution in [0.25, 0.3) is 32.7 Å². The first-order valence-corrected chi connectivity index (χ1v) is 14.5. The molecule has 0 atom stereocenters. The van der Waals surface area contributed by atoms with Gasteiger partial charge in [0.25, 0.3) is 0 Å². The summed E-state index contributed by atoms with van der Waals surface area (Å²) in [6, 6.07) is 7.02. The Bertz CT molecular complexity index is 2350. The first-order chi connectivity index (χ1) is 25.0. The summed E-state index contributed by atoms with van der Waals surface area (Å²) >= 11 is 0. The molecule has 6 rings (SSSR count). The predicted molar refractivity (Wildman–Crippen MR) is 156 cm³/mol. The van der Waals surface area contributed by atoms with Crippen LogP contribution in [-0.4, -0.2) is 0 Å². The van der Waals surface area contributed by atoms with Crippen LogP contribution in [-0.2, 0) is 12.4 Å². The molecule has 0 amide bonds. The fourth-order valence-electron chi connectivity index (χ4n) is 6.04. The normalized spacial score (nSPS) is 12.4. The van der Waals surface area contributed by atoms with Crippen molar-refractivity contribution < 1.29 is 79.0 Å². The van der Waals surface area contributed by atoms with E-state index in [0.29, 0.717) is 6.92 Å². The van der Waals surface area contributed by atoms with Gasteiger partial charge in [0, 0.05) is 21.9 Å². The van der Waals surface area contributed by atoms with E-state index in [4.69, 9.17) is 0 Å². The standard InChI is InChI=1S/C35H11F18N/c1-10-19(36)21(38)16(22(39)20(10)37)15-11-6-2-4-8-13(11)31(14-9-5-3-7-12(14)15)54(32-27(44)23(40)17(34(48,49)50)24(41)28(32)45)33-29(46)25(42)18(35(51,52)53)26(43)30(33)47/h2-9H,1H3. The smallest absolute Gasteiger partial charge is 0.298 e. The largest absolute Gasteiger partial charge is 0.422 e. The third kappa shape index (κ3) is 5.45.